The van der Waals surface area contributed by atoms with Crippen LogP contribution in [-0.2, 0) is 16.0 Å². The van der Waals surface area contributed by atoms with Crippen LogP contribution < -0.4 is 10.2 Å². The standard InChI is InChI=1S/C19H18N2O3/c1-3-13-8-10-14(11-9-13)20-18(23)12(2)21-16-7-5-4-6-15(16)17(22)19(21)24/h4-12H,3H2,1-2H3,(H,20,23)/t12-/m0/s1. The van der Waals surface area contributed by atoms with Crippen LogP contribution in [0.3, 0.4) is 0 Å². The first-order valence-electron chi connectivity index (χ1n) is 7.89. The lowest BCUT2D eigenvalue weighted by atomic mass is 10.1. The summed E-state index contributed by atoms with van der Waals surface area (Å²) in [7, 11) is 0. The summed E-state index contributed by atoms with van der Waals surface area (Å²) in [5.41, 5.74) is 2.66. The Bertz CT molecular complexity index is 812. The lowest BCUT2D eigenvalue weighted by Crippen LogP contribution is -2.45. The van der Waals surface area contributed by atoms with E-state index in [1.807, 2.05) is 24.3 Å². The number of ketones is 1. The molecule has 5 nitrogen and oxygen atoms in total. The molecule has 0 radical (unpaired) electrons. The van der Waals surface area contributed by atoms with Crippen molar-refractivity contribution in [1.29, 1.82) is 0 Å². The van der Waals surface area contributed by atoms with Gasteiger partial charge in [0, 0.05) is 5.69 Å². The van der Waals surface area contributed by atoms with Crippen molar-refractivity contribution in [2.75, 3.05) is 10.2 Å². The molecule has 2 aromatic rings. The predicted molar refractivity (Wildman–Crippen MR) is 92.2 cm³/mol. The van der Waals surface area contributed by atoms with Gasteiger partial charge in [-0.05, 0) is 43.2 Å². The molecule has 24 heavy (non-hydrogen) atoms. The molecule has 1 aliphatic rings. The molecule has 5 heteroatoms. The van der Waals surface area contributed by atoms with Crippen LogP contribution in [0.1, 0.15) is 29.8 Å². The number of anilines is 2. The second-order valence-corrected chi connectivity index (χ2v) is 5.74. The van der Waals surface area contributed by atoms with Gasteiger partial charge in [0.2, 0.25) is 5.91 Å². The summed E-state index contributed by atoms with van der Waals surface area (Å²) in [6, 6.07) is 13.5. The van der Waals surface area contributed by atoms with Crippen LogP contribution in [0.4, 0.5) is 11.4 Å². The number of nitrogens with one attached hydrogen (secondary N) is 1. The zero-order valence-electron chi connectivity index (χ0n) is 13.6. The largest absolute Gasteiger partial charge is 0.324 e. The highest BCUT2D eigenvalue weighted by atomic mass is 16.2. The van der Waals surface area contributed by atoms with Gasteiger partial charge >= 0.3 is 0 Å². The number of aryl methyl sites for hydroxylation is 1. The normalized spacial score (nSPS) is 14.5. The molecular formula is C19H18N2O3. The molecule has 1 aliphatic heterocycles. The van der Waals surface area contributed by atoms with Gasteiger partial charge in [0.15, 0.2) is 0 Å². The van der Waals surface area contributed by atoms with Gasteiger partial charge in [0.1, 0.15) is 6.04 Å². The van der Waals surface area contributed by atoms with Crippen molar-refractivity contribution in [3.8, 4) is 0 Å². The van der Waals surface area contributed by atoms with E-state index >= 15 is 0 Å². The number of hydrogen-bond donors (Lipinski definition) is 1. The maximum atomic E-state index is 12.5. The number of carbonyl (C=O) groups is 3. The second-order valence-electron chi connectivity index (χ2n) is 5.74. The molecule has 0 fully saturated rings. The highest BCUT2D eigenvalue weighted by molar-refractivity contribution is 6.52. The maximum absolute atomic E-state index is 12.5. The first-order chi connectivity index (χ1) is 11.5. The minimum atomic E-state index is -0.782. The molecule has 0 saturated carbocycles. The van der Waals surface area contributed by atoms with E-state index in [1.165, 1.54) is 10.5 Å². The molecular weight excluding hydrogens is 304 g/mol. The molecule has 1 N–H and O–H groups in total. The Morgan fingerprint density at radius 1 is 1.08 bits per heavy atom. The Morgan fingerprint density at radius 3 is 2.42 bits per heavy atom. The van der Waals surface area contributed by atoms with Gasteiger partial charge in [-0.1, -0.05) is 31.2 Å². The molecule has 122 valence electrons. The van der Waals surface area contributed by atoms with E-state index in [0.717, 1.165) is 6.42 Å². The highest BCUT2D eigenvalue weighted by Gasteiger charge is 2.40. The van der Waals surface area contributed by atoms with Gasteiger partial charge in [0.25, 0.3) is 11.7 Å². The number of Topliss-reactive ketones (excluding diaryl/α,β-unsaturated/α-hetero) is 1. The third-order valence-electron chi connectivity index (χ3n) is 4.22. The minimum absolute atomic E-state index is 0.336. The monoisotopic (exact) mass is 322 g/mol. The molecule has 0 saturated heterocycles. The lowest BCUT2D eigenvalue weighted by Gasteiger charge is -2.23. The molecule has 2 aromatic carbocycles. The Kier molecular flexibility index (Phi) is 4.16. The fraction of sp³-hybridized carbons (Fsp3) is 0.211. The zero-order valence-corrected chi connectivity index (χ0v) is 13.6. The third-order valence-corrected chi connectivity index (χ3v) is 4.22. The van der Waals surface area contributed by atoms with Gasteiger partial charge in [-0.2, -0.15) is 0 Å². The SMILES string of the molecule is CCc1ccc(NC(=O)[C@H](C)N2C(=O)C(=O)c3ccccc32)cc1. The summed E-state index contributed by atoms with van der Waals surface area (Å²) in [5.74, 6) is -1.57. The summed E-state index contributed by atoms with van der Waals surface area (Å²) in [6.07, 6.45) is 0.922. The smallest absolute Gasteiger partial charge is 0.300 e. The maximum Gasteiger partial charge on any atom is 0.300 e. The fourth-order valence-electron chi connectivity index (χ4n) is 2.78. The summed E-state index contributed by atoms with van der Waals surface area (Å²) < 4.78 is 0. The number of rotatable bonds is 4. The summed E-state index contributed by atoms with van der Waals surface area (Å²) in [4.78, 5) is 38.0. The van der Waals surface area contributed by atoms with Crippen LogP contribution in [0.15, 0.2) is 48.5 Å². The average Bonchev–Trinajstić information content (AvgIpc) is 2.86. The molecule has 0 bridgehead atoms. The van der Waals surface area contributed by atoms with Crippen molar-refractivity contribution in [2.24, 2.45) is 0 Å². The summed E-state index contributed by atoms with van der Waals surface area (Å²) in [5, 5.41) is 2.79. The van der Waals surface area contributed by atoms with Crippen LogP contribution in [0.2, 0.25) is 0 Å². The van der Waals surface area contributed by atoms with E-state index in [4.69, 9.17) is 0 Å². The van der Waals surface area contributed by atoms with Crippen molar-refractivity contribution in [3.63, 3.8) is 0 Å². The summed E-state index contributed by atoms with van der Waals surface area (Å²) in [6.45, 7) is 3.67. The number of nitrogens with zero attached hydrogens (tertiary/aromatic N) is 1. The van der Waals surface area contributed by atoms with Crippen molar-refractivity contribution in [2.45, 2.75) is 26.3 Å². The highest BCUT2D eigenvalue weighted by Crippen LogP contribution is 2.30. The molecule has 1 atom stereocenters. The van der Waals surface area contributed by atoms with E-state index < -0.39 is 17.7 Å². The molecule has 3 rings (SSSR count). The fourth-order valence-corrected chi connectivity index (χ4v) is 2.78. The van der Waals surface area contributed by atoms with Gasteiger partial charge in [-0.25, -0.2) is 0 Å². The quantitative estimate of drug-likeness (QED) is 0.880. The van der Waals surface area contributed by atoms with Crippen molar-refractivity contribution < 1.29 is 14.4 Å². The van der Waals surface area contributed by atoms with Crippen LogP contribution in [0, 0.1) is 0 Å². The second kappa shape index (κ2) is 6.28. The Labute approximate surface area is 140 Å². The Hall–Kier alpha value is -2.95. The van der Waals surface area contributed by atoms with E-state index in [1.54, 1.807) is 31.2 Å². The van der Waals surface area contributed by atoms with Crippen LogP contribution in [0.25, 0.3) is 0 Å². The summed E-state index contributed by atoms with van der Waals surface area (Å²) >= 11 is 0. The first-order valence-corrected chi connectivity index (χ1v) is 7.89. The molecule has 0 aromatic heterocycles. The number of carbonyl (C=O) groups excluding carboxylic acids is 3. The molecule has 0 aliphatic carbocycles. The topological polar surface area (TPSA) is 66.5 Å². The van der Waals surface area contributed by atoms with Crippen molar-refractivity contribution in [1.82, 2.24) is 0 Å². The third kappa shape index (κ3) is 2.69. The zero-order chi connectivity index (χ0) is 17.3. The Morgan fingerprint density at radius 2 is 1.75 bits per heavy atom. The molecule has 0 spiro atoms. The van der Waals surface area contributed by atoms with Crippen LogP contribution >= 0.6 is 0 Å². The molecule has 1 heterocycles. The van der Waals surface area contributed by atoms with E-state index in [9.17, 15) is 14.4 Å². The van der Waals surface area contributed by atoms with Gasteiger partial charge < -0.3 is 5.32 Å². The van der Waals surface area contributed by atoms with Crippen LogP contribution in [-0.4, -0.2) is 23.6 Å². The van der Waals surface area contributed by atoms with Crippen molar-refractivity contribution >= 4 is 29.0 Å². The first kappa shape index (κ1) is 15.9. The van der Waals surface area contributed by atoms with Gasteiger partial charge in [-0.3, -0.25) is 19.3 Å². The number of hydrogen-bond acceptors (Lipinski definition) is 3. The van der Waals surface area contributed by atoms with E-state index in [-0.39, 0.29) is 5.91 Å². The number of amides is 2. The minimum Gasteiger partial charge on any atom is -0.324 e. The van der Waals surface area contributed by atoms with E-state index in [0.29, 0.717) is 16.9 Å². The number of fused-ring (bicyclic) bond motifs is 1. The molecule has 2 amide bonds. The van der Waals surface area contributed by atoms with Gasteiger partial charge in [-0.15, -0.1) is 0 Å². The number of para-hydroxylation sites is 1. The predicted octanol–water partition coefficient (Wildman–Crippen LogP) is 2.81. The number of benzene rings is 2. The Balaban J connectivity index is 1.80. The van der Waals surface area contributed by atoms with Crippen molar-refractivity contribution in [3.05, 3.63) is 59.7 Å². The van der Waals surface area contributed by atoms with Gasteiger partial charge in [0.05, 0.1) is 11.3 Å². The van der Waals surface area contributed by atoms with E-state index in [2.05, 4.69) is 12.2 Å². The van der Waals surface area contributed by atoms with Crippen LogP contribution in [0.5, 0.6) is 0 Å². The molecule has 0 unspecified atom stereocenters. The lowest BCUT2D eigenvalue weighted by molar-refractivity contribution is -0.120. The average molecular weight is 322 g/mol.